The van der Waals surface area contributed by atoms with Crippen molar-refractivity contribution in [1.82, 2.24) is 4.57 Å². The number of aromatic nitrogens is 1. The van der Waals surface area contributed by atoms with Crippen LogP contribution in [0.3, 0.4) is 0 Å². The van der Waals surface area contributed by atoms with E-state index >= 15 is 0 Å². The SMILES string of the molecule is COc1ccc2c(c1)sc(=NC(=O)Cc1ccc(Cl)s1)n2CCSC. The van der Waals surface area contributed by atoms with E-state index < -0.39 is 0 Å². The Kier molecular flexibility index (Phi) is 6.22. The number of thiazole rings is 1. The van der Waals surface area contributed by atoms with Crippen LogP contribution >= 0.6 is 46.0 Å². The van der Waals surface area contributed by atoms with E-state index in [9.17, 15) is 4.79 Å². The van der Waals surface area contributed by atoms with Crippen molar-refractivity contribution >= 4 is 62.2 Å². The largest absolute Gasteiger partial charge is 0.497 e. The van der Waals surface area contributed by atoms with Crippen LogP contribution in [-0.2, 0) is 17.8 Å². The van der Waals surface area contributed by atoms with Gasteiger partial charge in [0, 0.05) is 17.2 Å². The Morgan fingerprint density at radius 2 is 2.16 bits per heavy atom. The van der Waals surface area contributed by atoms with Crippen LogP contribution in [0.2, 0.25) is 4.34 Å². The number of ether oxygens (including phenoxy) is 1. The van der Waals surface area contributed by atoms with Crippen molar-refractivity contribution in [3.8, 4) is 5.75 Å². The molecular weight excluding hydrogens is 396 g/mol. The summed E-state index contributed by atoms with van der Waals surface area (Å²) in [7, 11) is 1.65. The summed E-state index contributed by atoms with van der Waals surface area (Å²) in [6.07, 6.45) is 2.35. The number of hydrogen-bond acceptors (Lipinski definition) is 5. The van der Waals surface area contributed by atoms with Gasteiger partial charge in [0.05, 0.1) is 28.1 Å². The van der Waals surface area contributed by atoms with Gasteiger partial charge >= 0.3 is 0 Å². The lowest BCUT2D eigenvalue weighted by Crippen LogP contribution is -2.18. The topological polar surface area (TPSA) is 43.6 Å². The number of thiophene rings is 1. The van der Waals surface area contributed by atoms with E-state index in [1.54, 1.807) is 24.9 Å². The molecule has 0 saturated carbocycles. The number of fused-ring (bicyclic) bond motifs is 1. The van der Waals surface area contributed by atoms with Gasteiger partial charge in [-0.05, 0) is 36.6 Å². The fraction of sp³-hybridized carbons (Fsp3) is 0.294. The van der Waals surface area contributed by atoms with Gasteiger partial charge in [-0.3, -0.25) is 4.79 Å². The van der Waals surface area contributed by atoms with Crippen molar-refractivity contribution < 1.29 is 9.53 Å². The molecule has 0 fully saturated rings. The number of carbonyl (C=O) groups is 1. The molecule has 132 valence electrons. The smallest absolute Gasteiger partial charge is 0.253 e. The summed E-state index contributed by atoms with van der Waals surface area (Å²) in [6, 6.07) is 9.62. The molecule has 0 N–H and O–H groups in total. The zero-order valence-corrected chi connectivity index (χ0v) is 17.0. The molecule has 0 spiro atoms. The Morgan fingerprint density at radius 3 is 2.84 bits per heavy atom. The number of aryl methyl sites for hydroxylation is 1. The maximum Gasteiger partial charge on any atom is 0.253 e. The predicted molar refractivity (Wildman–Crippen MR) is 108 cm³/mol. The number of benzene rings is 1. The molecule has 4 nitrogen and oxygen atoms in total. The highest BCUT2D eigenvalue weighted by molar-refractivity contribution is 7.98. The minimum absolute atomic E-state index is 0.157. The number of rotatable bonds is 6. The van der Waals surface area contributed by atoms with Crippen molar-refractivity contribution in [2.24, 2.45) is 4.99 Å². The van der Waals surface area contributed by atoms with Crippen LogP contribution in [0, 0.1) is 0 Å². The summed E-state index contributed by atoms with van der Waals surface area (Å²) in [6.45, 7) is 0.810. The van der Waals surface area contributed by atoms with Gasteiger partial charge in [0.25, 0.3) is 5.91 Å². The monoisotopic (exact) mass is 412 g/mol. The van der Waals surface area contributed by atoms with Crippen molar-refractivity contribution in [1.29, 1.82) is 0 Å². The molecule has 25 heavy (non-hydrogen) atoms. The van der Waals surface area contributed by atoms with Crippen LogP contribution in [0.1, 0.15) is 4.88 Å². The highest BCUT2D eigenvalue weighted by Gasteiger charge is 2.10. The molecule has 0 aliphatic heterocycles. The number of carbonyl (C=O) groups excluding carboxylic acids is 1. The lowest BCUT2D eigenvalue weighted by molar-refractivity contribution is -0.117. The van der Waals surface area contributed by atoms with Gasteiger partial charge in [0.15, 0.2) is 4.80 Å². The molecule has 0 bridgehead atoms. The van der Waals surface area contributed by atoms with Gasteiger partial charge in [0.2, 0.25) is 0 Å². The van der Waals surface area contributed by atoms with Crippen LogP contribution in [0.15, 0.2) is 35.3 Å². The molecule has 3 rings (SSSR count). The molecule has 3 aromatic rings. The highest BCUT2D eigenvalue weighted by atomic mass is 35.5. The van der Waals surface area contributed by atoms with Crippen LogP contribution in [0.4, 0.5) is 0 Å². The quantitative estimate of drug-likeness (QED) is 0.600. The van der Waals surface area contributed by atoms with E-state index in [1.165, 1.54) is 22.7 Å². The van der Waals surface area contributed by atoms with Gasteiger partial charge in [-0.1, -0.05) is 22.9 Å². The van der Waals surface area contributed by atoms with Crippen molar-refractivity contribution in [2.45, 2.75) is 13.0 Å². The summed E-state index contributed by atoms with van der Waals surface area (Å²) in [5.74, 6) is 1.60. The molecule has 0 saturated heterocycles. The van der Waals surface area contributed by atoms with Gasteiger partial charge in [-0.15, -0.1) is 11.3 Å². The van der Waals surface area contributed by atoms with Crippen molar-refractivity contribution in [3.05, 3.63) is 44.3 Å². The maximum atomic E-state index is 12.4. The van der Waals surface area contributed by atoms with E-state index in [0.717, 1.165) is 37.9 Å². The first-order valence-corrected chi connectivity index (χ1v) is 11.0. The normalized spacial score (nSPS) is 12.0. The third-order valence-electron chi connectivity index (χ3n) is 3.58. The molecule has 2 heterocycles. The third kappa shape index (κ3) is 4.47. The molecule has 0 atom stereocenters. The minimum Gasteiger partial charge on any atom is -0.497 e. The first kappa shape index (κ1) is 18.5. The number of amides is 1. The maximum absolute atomic E-state index is 12.4. The standard InChI is InChI=1S/C17H17ClN2O2S3/c1-22-11-3-5-13-14(9-11)25-17(20(13)7-8-23-2)19-16(21)10-12-4-6-15(18)24-12/h3-6,9H,7-8,10H2,1-2H3. The summed E-state index contributed by atoms with van der Waals surface area (Å²) >= 11 is 10.6. The number of halogens is 1. The second kappa shape index (κ2) is 8.40. The summed E-state index contributed by atoms with van der Waals surface area (Å²) < 4.78 is 9.15. The molecular formula is C17H17ClN2O2S3. The Hall–Kier alpha value is -1.28. The summed E-state index contributed by atoms with van der Waals surface area (Å²) in [5, 5.41) is 0. The summed E-state index contributed by atoms with van der Waals surface area (Å²) in [4.78, 5) is 18.4. The first-order valence-electron chi connectivity index (χ1n) is 7.59. The van der Waals surface area contributed by atoms with Crippen LogP contribution in [0.5, 0.6) is 5.75 Å². The third-order valence-corrected chi connectivity index (χ3v) is 6.45. The molecule has 8 heteroatoms. The average Bonchev–Trinajstić information content (AvgIpc) is 3.15. The molecule has 0 unspecified atom stereocenters. The Labute approximate surface area is 163 Å². The molecule has 1 amide bonds. The Balaban J connectivity index is 1.98. The molecule has 1 aromatic carbocycles. The Morgan fingerprint density at radius 1 is 1.32 bits per heavy atom. The van der Waals surface area contributed by atoms with Crippen LogP contribution in [0.25, 0.3) is 10.2 Å². The lowest BCUT2D eigenvalue weighted by Gasteiger charge is -2.04. The van der Waals surface area contributed by atoms with Crippen molar-refractivity contribution in [2.75, 3.05) is 19.1 Å². The second-order valence-electron chi connectivity index (χ2n) is 5.25. The summed E-state index contributed by atoms with van der Waals surface area (Å²) in [5.41, 5.74) is 1.07. The zero-order valence-electron chi connectivity index (χ0n) is 13.8. The molecule has 0 aliphatic carbocycles. The van der Waals surface area contributed by atoms with Gasteiger partial charge < -0.3 is 9.30 Å². The van der Waals surface area contributed by atoms with Crippen molar-refractivity contribution in [3.63, 3.8) is 0 Å². The van der Waals surface area contributed by atoms with Gasteiger partial charge in [0.1, 0.15) is 5.75 Å². The number of nitrogens with zero attached hydrogens (tertiary/aromatic N) is 2. The van der Waals surface area contributed by atoms with Crippen LogP contribution in [-0.4, -0.2) is 29.6 Å². The zero-order chi connectivity index (χ0) is 17.8. The number of thioether (sulfide) groups is 1. The van der Waals surface area contributed by atoms with Crippen LogP contribution < -0.4 is 9.54 Å². The first-order chi connectivity index (χ1) is 12.1. The Bertz CT molecular complexity index is 958. The number of hydrogen-bond donors (Lipinski definition) is 0. The van der Waals surface area contributed by atoms with E-state index in [4.69, 9.17) is 16.3 Å². The lowest BCUT2D eigenvalue weighted by atomic mass is 10.3. The highest BCUT2D eigenvalue weighted by Crippen LogP contribution is 2.24. The fourth-order valence-corrected chi connectivity index (χ4v) is 4.95. The van der Waals surface area contributed by atoms with Gasteiger partial charge in [-0.25, -0.2) is 0 Å². The predicted octanol–water partition coefficient (Wildman–Crippen LogP) is 4.46. The van der Waals surface area contributed by atoms with E-state index in [-0.39, 0.29) is 12.3 Å². The van der Waals surface area contributed by atoms with Gasteiger partial charge in [-0.2, -0.15) is 16.8 Å². The molecule has 0 radical (unpaired) electrons. The fourth-order valence-electron chi connectivity index (χ4n) is 2.41. The van der Waals surface area contributed by atoms with E-state index in [1.807, 2.05) is 24.3 Å². The molecule has 2 aromatic heterocycles. The van der Waals surface area contributed by atoms with E-state index in [0.29, 0.717) is 4.34 Å². The molecule has 0 aliphatic rings. The second-order valence-corrected chi connectivity index (χ2v) is 9.05. The average molecular weight is 413 g/mol. The van der Waals surface area contributed by atoms with E-state index in [2.05, 4.69) is 15.8 Å². The number of methoxy groups -OCH3 is 1. The minimum atomic E-state index is -0.157.